The van der Waals surface area contributed by atoms with Crippen molar-refractivity contribution in [2.24, 2.45) is 11.7 Å². The van der Waals surface area contributed by atoms with Gasteiger partial charge in [-0.25, -0.2) is 4.79 Å². The minimum Gasteiger partial charge on any atom is -0.480 e. The van der Waals surface area contributed by atoms with Crippen LogP contribution >= 0.6 is 0 Å². The van der Waals surface area contributed by atoms with Crippen LogP contribution in [0.2, 0.25) is 0 Å². The molecule has 0 aliphatic heterocycles. The van der Waals surface area contributed by atoms with Crippen LogP contribution in [-0.4, -0.2) is 29.1 Å². The summed E-state index contributed by atoms with van der Waals surface area (Å²) in [6.07, 6.45) is 4.21. The topological polar surface area (TPSA) is 92.4 Å². The van der Waals surface area contributed by atoms with Gasteiger partial charge in [-0.3, -0.25) is 4.79 Å². The third-order valence-corrected chi connectivity index (χ3v) is 2.92. The van der Waals surface area contributed by atoms with Gasteiger partial charge in [0, 0.05) is 6.04 Å². The van der Waals surface area contributed by atoms with E-state index in [2.05, 4.69) is 11.9 Å². The maximum Gasteiger partial charge on any atom is 0.326 e. The molecule has 0 bridgehead atoms. The molecule has 1 rings (SSSR count). The largest absolute Gasteiger partial charge is 0.480 e. The highest BCUT2D eigenvalue weighted by atomic mass is 16.4. The number of aliphatic carboxylic acids is 1. The lowest BCUT2D eigenvalue weighted by Gasteiger charge is -2.18. The van der Waals surface area contributed by atoms with Gasteiger partial charge in [0.1, 0.15) is 6.04 Å². The van der Waals surface area contributed by atoms with Gasteiger partial charge in [-0.05, 0) is 19.3 Å². The normalized spacial score (nSPS) is 26.1. The lowest BCUT2D eigenvalue weighted by molar-refractivity contribution is -0.142. The van der Waals surface area contributed by atoms with E-state index < -0.39 is 12.0 Å². The molecule has 5 nitrogen and oxygen atoms in total. The van der Waals surface area contributed by atoms with E-state index in [0.717, 1.165) is 19.3 Å². The van der Waals surface area contributed by atoms with Gasteiger partial charge in [-0.15, -0.1) is 6.58 Å². The van der Waals surface area contributed by atoms with E-state index >= 15 is 0 Å². The summed E-state index contributed by atoms with van der Waals surface area (Å²) in [5.41, 5.74) is 5.78. The second kappa shape index (κ2) is 5.65. The van der Waals surface area contributed by atoms with Gasteiger partial charge in [-0.1, -0.05) is 12.5 Å². The summed E-state index contributed by atoms with van der Waals surface area (Å²) < 4.78 is 0. The molecule has 5 heteroatoms. The van der Waals surface area contributed by atoms with Crippen molar-refractivity contribution in [1.82, 2.24) is 5.32 Å². The Morgan fingerprint density at radius 2 is 2.25 bits per heavy atom. The lowest BCUT2D eigenvalue weighted by Crippen LogP contribution is -2.46. The molecule has 0 aromatic heterocycles. The molecule has 0 heterocycles. The van der Waals surface area contributed by atoms with Crippen molar-refractivity contribution in [3.63, 3.8) is 0 Å². The SMILES string of the molecule is C=CCC(NC(=O)C1CCCC1N)C(=O)O. The molecule has 1 aliphatic carbocycles. The number of rotatable bonds is 5. The molecule has 16 heavy (non-hydrogen) atoms. The van der Waals surface area contributed by atoms with E-state index in [0.29, 0.717) is 0 Å². The van der Waals surface area contributed by atoms with Crippen molar-refractivity contribution in [2.45, 2.75) is 37.8 Å². The number of nitrogens with two attached hydrogens (primary N) is 1. The van der Waals surface area contributed by atoms with Crippen molar-refractivity contribution in [3.05, 3.63) is 12.7 Å². The summed E-state index contributed by atoms with van der Waals surface area (Å²) >= 11 is 0. The van der Waals surface area contributed by atoms with Crippen molar-refractivity contribution < 1.29 is 14.7 Å². The predicted molar refractivity (Wildman–Crippen MR) is 59.7 cm³/mol. The van der Waals surface area contributed by atoms with Gasteiger partial charge in [0.05, 0.1) is 5.92 Å². The zero-order valence-electron chi connectivity index (χ0n) is 9.19. The maximum absolute atomic E-state index is 11.8. The number of carbonyl (C=O) groups excluding carboxylic acids is 1. The first-order valence-electron chi connectivity index (χ1n) is 5.46. The summed E-state index contributed by atoms with van der Waals surface area (Å²) in [5, 5.41) is 11.4. The highest BCUT2D eigenvalue weighted by Gasteiger charge is 2.32. The molecule has 90 valence electrons. The standard InChI is InChI=1S/C11H18N2O3/c1-2-4-9(11(15)16)13-10(14)7-5-3-6-8(7)12/h2,7-9H,1,3-6,12H2,(H,13,14)(H,15,16). The summed E-state index contributed by atoms with van der Waals surface area (Å²) in [6, 6.07) is -1.03. The highest BCUT2D eigenvalue weighted by Crippen LogP contribution is 2.24. The fourth-order valence-corrected chi connectivity index (χ4v) is 1.98. The van der Waals surface area contributed by atoms with Crippen LogP contribution in [0.5, 0.6) is 0 Å². The Morgan fingerprint density at radius 3 is 2.69 bits per heavy atom. The van der Waals surface area contributed by atoms with E-state index in [1.807, 2.05) is 0 Å². The Bertz CT molecular complexity index is 291. The first kappa shape index (κ1) is 12.7. The van der Waals surface area contributed by atoms with Crippen molar-refractivity contribution >= 4 is 11.9 Å². The highest BCUT2D eigenvalue weighted by molar-refractivity contribution is 5.85. The number of carbonyl (C=O) groups is 2. The smallest absolute Gasteiger partial charge is 0.326 e. The summed E-state index contributed by atoms with van der Waals surface area (Å²) in [6.45, 7) is 3.46. The van der Waals surface area contributed by atoms with Crippen LogP contribution in [0.4, 0.5) is 0 Å². The fourth-order valence-electron chi connectivity index (χ4n) is 1.98. The number of hydrogen-bond donors (Lipinski definition) is 3. The molecular weight excluding hydrogens is 208 g/mol. The Kier molecular flexibility index (Phi) is 4.49. The number of amides is 1. The minimum atomic E-state index is -1.04. The van der Waals surface area contributed by atoms with E-state index in [1.54, 1.807) is 0 Å². The van der Waals surface area contributed by atoms with Crippen LogP contribution in [0.1, 0.15) is 25.7 Å². The van der Waals surface area contributed by atoms with E-state index in [4.69, 9.17) is 10.8 Å². The van der Waals surface area contributed by atoms with E-state index in [-0.39, 0.29) is 24.3 Å². The molecule has 4 N–H and O–H groups in total. The molecule has 0 radical (unpaired) electrons. The third-order valence-electron chi connectivity index (χ3n) is 2.92. The maximum atomic E-state index is 11.8. The van der Waals surface area contributed by atoms with Crippen LogP contribution in [0.25, 0.3) is 0 Å². The molecule has 0 spiro atoms. The zero-order chi connectivity index (χ0) is 12.1. The molecule has 1 fully saturated rings. The Balaban J connectivity index is 2.53. The van der Waals surface area contributed by atoms with Crippen molar-refractivity contribution in [1.29, 1.82) is 0 Å². The van der Waals surface area contributed by atoms with Crippen LogP contribution in [0.15, 0.2) is 12.7 Å². The van der Waals surface area contributed by atoms with Gasteiger partial charge < -0.3 is 16.2 Å². The first-order chi connectivity index (χ1) is 7.56. The molecule has 1 aliphatic rings. The van der Waals surface area contributed by atoms with Crippen LogP contribution < -0.4 is 11.1 Å². The van der Waals surface area contributed by atoms with Gasteiger partial charge in [0.2, 0.25) is 5.91 Å². The van der Waals surface area contributed by atoms with Crippen LogP contribution in [0.3, 0.4) is 0 Å². The molecule has 3 unspecified atom stereocenters. The molecule has 1 saturated carbocycles. The fraction of sp³-hybridized carbons (Fsp3) is 0.636. The second-order valence-electron chi connectivity index (χ2n) is 4.13. The molecular formula is C11H18N2O3. The second-order valence-corrected chi connectivity index (χ2v) is 4.13. The average molecular weight is 226 g/mol. The summed E-state index contributed by atoms with van der Waals surface area (Å²) in [7, 11) is 0. The van der Waals surface area contributed by atoms with Crippen molar-refractivity contribution in [3.8, 4) is 0 Å². The van der Waals surface area contributed by atoms with Gasteiger partial charge >= 0.3 is 5.97 Å². The lowest BCUT2D eigenvalue weighted by atomic mass is 10.0. The molecule has 1 amide bonds. The molecule has 0 saturated heterocycles. The Labute approximate surface area is 94.7 Å². The summed E-state index contributed by atoms with van der Waals surface area (Å²) in [4.78, 5) is 22.6. The minimum absolute atomic E-state index is 0.141. The Hall–Kier alpha value is -1.36. The summed E-state index contributed by atoms with van der Waals surface area (Å²) in [5.74, 6) is -1.54. The van der Waals surface area contributed by atoms with Gasteiger partial charge in [0.25, 0.3) is 0 Å². The Morgan fingerprint density at radius 1 is 1.56 bits per heavy atom. The zero-order valence-corrected chi connectivity index (χ0v) is 9.19. The predicted octanol–water partition coefficient (Wildman–Crippen LogP) is 0.259. The third kappa shape index (κ3) is 3.06. The number of carboxylic acids is 1. The quantitative estimate of drug-likeness (QED) is 0.586. The van der Waals surface area contributed by atoms with Crippen LogP contribution in [-0.2, 0) is 9.59 Å². The average Bonchev–Trinajstić information content (AvgIpc) is 2.63. The first-order valence-corrected chi connectivity index (χ1v) is 5.46. The number of nitrogens with one attached hydrogen (secondary N) is 1. The monoisotopic (exact) mass is 226 g/mol. The van der Waals surface area contributed by atoms with E-state index in [9.17, 15) is 9.59 Å². The van der Waals surface area contributed by atoms with Gasteiger partial charge in [0.15, 0.2) is 0 Å². The molecule has 0 aromatic rings. The van der Waals surface area contributed by atoms with Crippen molar-refractivity contribution in [2.75, 3.05) is 0 Å². The molecule has 0 aromatic carbocycles. The number of hydrogen-bond acceptors (Lipinski definition) is 3. The van der Waals surface area contributed by atoms with Gasteiger partial charge in [-0.2, -0.15) is 0 Å². The van der Waals surface area contributed by atoms with E-state index in [1.165, 1.54) is 6.08 Å². The molecule has 3 atom stereocenters. The van der Waals surface area contributed by atoms with Crippen LogP contribution in [0, 0.1) is 5.92 Å². The number of carboxylic acid groups (broad SMARTS) is 1.